The molecule has 0 aromatic rings. The molecule has 34 heavy (non-hydrogen) atoms. The Morgan fingerprint density at radius 2 is 1.44 bits per heavy atom. The Balaban J connectivity index is 1.62. The Morgan fingerprint density at radius 1 is 0.794 bits per heavy atom. The van der Waals surface area contributed by atoms with Crippen molar-refractivity contribution in [1.29, 1.82) is 0 Å². The second kappa shape index (κ2) is 7.33. The normalized spacial score (nSPS) is 55.8. The van der Waals surface area contributed by atoms with Gasteiger partial charge < -0.3 is 20.4 Å². The molecule has 0 heterocycles. The van der Waals surface area contributed by atoms with Gasteiger partial charge in [0.25, 0.3) is 0 Å². The fourth-order valence-corrected chi connectivity index (χ4v) is 10.9. The lowest BCUT2D eigenvalue weighted by molar-refractivity contribution is -0.235. The van der Waals surface area contributed by atoms with E-state index >= 15 is 0 Å². The lowest BCUT2D eigenvalue weighted by atomic mass is 9.33. The highest BCUT2D eigenvalue weighted by Gasteiger charge is 2.70. The number of allylic oxidation sites excluding steroid dienone is 2. The third-order valence-electron chi connectivity index (χ3n) is 13.1. The molecule has 0 aromatic carbocycles. The summed E-state index contributed by atoms with van der Waals surface area (Å²) in [6.07, 6.45) is 8.23. The standard InChI is InChI=1S/C30H50O4/c1-25(2)14-19-18-8-9-21-27(5)12-11-22(32)26(3,4)20(27)10-13-28(21,6)29(18,7)16-24(34)30(19,17-31)23(33)15-25/h8,19-24,31-34H,9-17H2,1-7H3/t19-,20-,21-,22+,23+,24-,27+,28-,29-,30-/m1/s1. The van der Waals surface area contributed by atoms with Gasteiger partial charge in [-0.15, -0.1) is 0 Å². The van der Waals surface area contributed by atoms with Crippen molar-refractivity contribution in [3.63, 3.8) is 0 Å². The summed E-state index contributed by atoms with van der Waals surface area (Å²) in [5.41, 5.74) is 0.539. The molecule has 0 radical (unpaired) electrons. The van der Waals surface area contributed by atoms with Crippen LogP contribution >= 0.6 is 0 Å². The van der Waals surface area contributed by atoms with Crippen LogP contribution < -0.4 is 0 Å². The minimum Gasteiger partial charge on any atom is -0.396 e. The largest absolute Gasteiger partial charge is 0.396 e. The number of hydrogen-bond donors (Lipinski definition) is 4. The highest BCUT2D eigenvalue weighted by Crippen LogP contribution is 2.75. The number of hydrogen-bond acceptors (Lipinski definition) is 4. The van der Waals surface area contributed by atoms with Crippen molar-refractivity contribution >= 4 is 0 Å². The molecule has 0 aliphatic heterocycles. The van der Waals surface area contributed by atoms with Gasteiger partial charge in [-0.2, -0.15) is 0 Å². The van der Waals surface area contributed by atoms with E-state index in [-0.39, 0.29) is 45.7 Å². The first-order valence-corrected chi connectivity index (χ1v) is 14.0. The van der Waals surface area contributed by atoms with Gasteiger partial charge in [0.15, 0.2) is 0 Å². The van der Waals surface area contributed by atoms with E-state index in [9.17, 15) is 20.4 Å². The quantitative estimate of drug-likeness (QED) is 0.399. The zero-order chi connectivity index (χ0) is 25.1. The maximum absolute atomic E-state index is 11.7. The summed E-state index contributed by atoms with van der Waals surface area (Å²) in [5, 5.41) is 44.6. The molecule has 194 valence electrons. The number of fused-ring (bicyclic) bond motifs is 7. The average Bonchev–Trinajstić information content (AvgIpc) is 2.71. The monoisotopic (exact) mass is 474 g/mol. The van der Waals surface area contributed by atoms with Crippen molar-refractivity contribution in [3.8, 4) is 0 Å². The van der Waals surface area contributed by atoms with Crippen LogP contribution in [0.15, 0.2) is 11.6 Å². The summed E-state index contributed by atoms with van der Waals surface area (Å²) in [6, 6.07) is 0. The van der Waals surface area contributed by atoms with Crippen molar-refractivity contribution in [2.24, 2.45) is 50.2 Å². The molecule has 5 aliphatic rings. The summed E-state index contributed by atoms with van der Waals surface area (Å²) in [4.78, 5) is 0. The molecular weight excluding hydrogens is 424 g/mol. The van der Waals surface area contributed by atoms with Gasteiger partial charge in [-0.25, -0.2) is 0 Å². The van der Waals surface area contributed by atoms with Crippen LogP contribution in [0.5, 0.6) is 0 Å². The molecule has 4 heteroatoms. The van der Waals surface area contributed by atoms with E-state index in [0.29, 0.717) is 24.7 Å². The first-order chi connectivity index (χ1) is 15.6. The van der Waals surface area contributed by atoms with Crippen LogP contribution in [-0.4, -0.2) is 45.3 Å². The predicted molar refractivity (Wildman–Crippen MR) is 135 cm³/mol. The highest BCUT2D eigenvalue weighted by molar-refractivity contribution is 5.35. The number of rotatable bonds is 1. The Bertz CT molecular complexity index is 877. The number of aliphatic hydroxyl groups excluding tert-OH is 4. The molecular formula is C30H50O4. The van der Waals surface area contributed by atoms with Gasteiger partial charge in [0.05, 0.1) is 30.3 Å². The van der Waals surface area contributed by atoms with Gasteiger partial charge in [0.2, 0.25) is 0 Å². The molecule has 5 aliphatic carbocycles. The molecule has 4 saturated carbocycles. The average molecular weight is 475 g/mol. The molecule has 0 bridgehead atoms. The zero-order valence-corrected chi connectivity index (χ0v) is 22.7. The van der Waals surface area contributed by atoms with Gasteiger partial charge in [-0.1, -0.05) is 60.1 Å². The van der Waals surface area contributed by atoms with Gasteiger partial charge in [-0.3, -0.25) is 0 Å². The van der Waals surface area contributed by atoms with Gasteiger partial charge in [0.1, 0.15) is 0 Å². The fraction of sp³-hybridized carbons (Fsp3) is 0.933. The van der Waals surface area contributed by atoms with E-state index in [1.807, 2.05) is 0 Å². The molecule has 0 spiro atoms. The van der Waals surface area contributed by atoms with E-state index in [1.165, 1.54) is 5.57 Å². The van der Waals surface area contributed by atoms with Crippen LogP contribution in [0.4, 0.5) is 0 Å². The fourth-order valence-electron chi connectivity index (χ4n) is 10.9. The Labute approximate surface area is 207 Å². The summed E-state index contributed by atoms with van der Waals surface area (Å²) < 4.78 is 0. The summed E-state index contributed by atoms with van der Waals surface area (Å²) in [5.74, 6) is 1.02. The maximum Gasteiger partial charge on any atom is 0.0657 e. The van der Waals surface area contributed by atoms with E-state index in [0.717, 1.165) is 38.5 Å². The van der Waals surface area contributed by atoms with Crippen LogP contribution in [-0.2, 0) is 0 Å². The molecule has 5 rings (SSSR count). The minimum absolute atomic E-state index is 0.0120. The molecule has 0 saturated heterocycles. The Hall–Kier alpha value is -0.420. The molecule has 4 fully saturated rings. The van der Waals surface area contributed by atoms with E-state index in [2.05, 4.69) is 54.5 Å². The van der Waals surface area contributed by atoms with Gasteiger partial charge in [-0.05, 0) is 96.2 Å². The van der Waals surface area contributed by atoms with Crippen molar-refractivity contribution in [2.75, 3.05) is 6.61 Å². The second-order valence-corrected chi connectivity index (χ2v) is 15.3. The molecule has 4 nitrogen and oxygen atoms in total. The maximum atomic E-state index is 11.7. The molecule has 10 atom stereocenters. The highest BCUT2D eigenvalue weighted by atomic mass is 16.3. The van der Waals surface area contributed by atoms with Crippen LogP contribution in [0.2, 0.25) is 0 Å². The van der Waals surface area contributed by atoms with Crippen molar-refractivity contribution in [2.45, 2.75) is 118 Å². The second-order valence-electron chi connectivity index (χ2n) is 15.3. The summed E-state index contributed by atoms with van der Waals surface area (Å²) in [7, 11) is 0. The number of aliphatic hydroxyl groups is 4. The zero-order valence-electron chi connectivity index (χ0n) is 22.7. The van der Waals surface area contributed by atoms with Crippen molar-refractivity contribution in [3.05, 3.63) is 11.6 Å². The lowest BCUT2D eigenvalue weighted by Crippen LogP contribution is -2.69. The van der Waals surface area contributed by atoms with Crippen molar-refractivity contribution in [1.82, 2.24) is 0 Å². The van der Waals surface area contributed by atoms with Crippen LogP contribution in [0.1, 0.15) is 99.8 Å². The minimum atomic E-state index is -0.845. The van der Waals surface area contributed by atoms with Gasteiger partial charge in [0, 0.05) is 0 Å². The Morgan fingerprint density at radius 3 is 2.09 bits per heavy atom. The van der Waals surface area contributed by atoms with Gasteiger partial charge >= 0.3 is 0 Å². The van der Waals surface area contributed by atoms with E-state index < -0.39 is 17.6 Å². The molecule has 4 N–H and O–H groups in total. The lowest BCUT2D eigenvalue weighted by Gasteiger charge is -2.72. The molecule has 0 aromatic heterocycles. The predicted octanol–water partition coefficient (Wildman–Crippen LogP) is 5.08. The topological polar surface area (TPSA) is 80.9 Å². The Kier molecular flexibility index (Phi) is 5.44. The summed E-state index contributed by atoms with van der Waals surface area (Å²) in [6.45, 7) is 16.2. The molecule has 0 unspecified atom stereocenters. The van der Waals surface area contributed by atoms with Crippen molar-refractivity contribution < 1.29 is 20.4 Å². The van der Waals surface area contributed by atoms with Crippen LogP contribution in [0.25, 0.3) is 0 Å². The first kappa shape index (κ1) is 25.2. The van der Waals surface area contributed by atoms with E-state index in [4.69, 9.17) is 0 Å². The van der Waals surface area contributed by atoms with E-state index in [1.54, 1.807) is 0 Å². The molecule has 0 amide bonds. The SMILES string of the molecule is CC1(C)C[C@@H]2C3=CC[C@@H]4[C@@]5(C)CC[C@H](O)C(C)(C)[C@H]5CC[C@@]4(C)[C@]3(C)C[C@@H](O)[C@@]2(CO)[C@@H](O)C1. The summed E-state index contributed by atoms with van der Waals surface area (Å²) >= 11 is 0. The first-order valence-electron chi connectivity index (χ1n) is 14.0. The third-order valence-corrected chi connectivity index (χ3v) is 13.1. The smallest absolute Gasteiger partial charge is 0.0657 e. The third kappa shape index (κ3) is 2.86. The van der Waals surface area contributed by atoms with Crippen LogP contribution in [0.3, 0.4) is 0 Å². The van der Waals surface area contributed by atoms with Crippen LogP contribution in [0, 0.1) is 50.2 Å².